The van der Waals surface area contributed by atoms with Crippen molar-refractivity contribution in [3.8, 4) is 0 Å². The van der Waals surface area contributed by atoms with Crippen LogP contribution in [0.3, 0.4) is 0 Å². The van der Waals surface area contributed by atoms with Gasteiger partial charge in [0.05, 0.1) is 5.54 Å². The molecule has 2 fully saturated rings. The number of carbonyl (C=O) groups excluding carboxylic acids is 2. The largest absolute Gasteiger partial charge is 0.359 e. The zero-order chi connectivity index (χ0) is 26.3. The number of hydrogen-bond donors (Lipinski definition) is 2. The van der Waals surface area contributed by atoms with Crippen LogP contribution in [0.4, 0.5) is 4.39 Å². The zero-order valence-corrected chi connectivity index (χ0v) is 22.1. The Labute approximate surface area is 217 Å². The van der Waals surface area contributed by atoms with Crippen LogP contribution in [-0.4, -0.2) is 65.4 Å². The van der Waals surface area contributed by atoms with Gasteiger partial charge in [-0.05, 0) is 86.7 Å². The van der Waals surface area contributed by atoms with E-state index < -0.39 is 5.54 Å². The normalized spacial score (nSPS) is 23.1. The molecule has 1 unspecified atom stereocenters. The Balaban J connectivity index is 1.45. The highest BCUT2D eigenvalue weighted by Crippen LogP contribution is 2.43. The minimum Gasteiger partial charge on any atom is -0.359 e. The first kappa shape index (κ1) is 25.2. The number of aromatic amines is 1. The predicted molar refractivity (Wildman–Crippen MR) is 144 cm³/mol. The minimum absolute atomic E-state index is 0.112. The van der Waals surface area contributed by atoms with E-state index >= 15 is 0 Å². The van der Waals surface area contributed by atoms with Gasteiger partial charge in [0.15, 0.2) is 0 Å². The van der Waals surface area contributed by atoms with Gasteiger partial charge in [-0.2, -0.15) is 0 Å². The topological polar surface area (TPSA) is 68.4 Å². The summed E-state index contributed by atoms with van der Waals surface area (Å²) in [6.45, 7) is 9.51. The molecule has 2 N–H and O–H groups in total. The van der Waals surface area contributed by atoms with Gasteiger partial charge in [-0.3, -0.25) is 9.59 Å². The first-order valence-corrected chi connectivity index (χ1v) is 13.0. The first-order chi connectivity index (χ1) is 17.7. The molecule has 194 valence electrons. The zero-order valence-electron chi connectivity index (χ0n) is 22.1. The number of likely N-dealkylation sites (N-methyl/N-ethyl adjacent to an activating group) is 1. The lowest BCUT2D eigenvalue weighted by Gasteiger charge is -2.32. The van der Waals surface area contributed by atoms with Crippen LogP contribution in [-0.2, 0) is 16.0 Å². The lowest BCUT2D eigenvalue weighted by Crippen LogP contribution is -2.47. The summed E-state index contributed by atoms with van der Waals surface area (Å²) >= 11 is 0. The van der Waals surface area contributed by atoms with E-state index in [1.807, 2.05) is 37.8 Å². The fourth-order valence-electron chi connectivity index (χ4n) is 5.81. The van der Waals surface area contributed by atoms with Crippen molar-refractivity contribution < 1.29 is 14.0 Å². The molecule has 3 aliphatic rings. The molecule has 37 heavy (non-hydrogen) atoms. The molecular formula is C30H35FN4O2. The van der Waals surface area contributed by atoms with Crippen LogP contribution in [0.2, 0.25) is 0 Å². The van der Waals surface area contributed by atoms with Crippen LogP contribution < -0.4 is 5.32 Å². The highest BCUT2D eigenvalue weighted by atomic mass is 19.1. The Bertz CT molecular complexity index is 1330. The van der Waals surface area contributed by atoms with Gasteiger partial charge in [0.2, 0.25) is 5.91 Å². The molecule has 3 heterocycles. The highest BCUT2D eigenvalue weighted by molar-refractivity contribution is 6.11. The second-order valence-electron chi connectivity index (χ2n) is 10.7. The van der Waals surface area contributed by atoms with Crippen molar-refractivity contribution >= 4 is 23.5 Å². The second-order valence-corrected chi connectivity index (χ2v) is 10.7. The van der Waals surface area contributed by atoms with E-state index in [9.17, 15) is 14.0 Å². The second kappa shape index (κ2) is 9.78. The van der Waals surface area contributed by atoms with Crippen LogP contribution in [0.15, 0.2) is 47.6 Å². The quantitative estimate of drug-likeness (QED) is 0.604. The van der Waals surface area contributed by atoms with Gasteiger partial charge in [-0.25, -0.2) is 4.39 Å². The van der Waals surface area contributed by atoms with Crippen LogP contribution in [0.5, 0.6) is 0 Å². The van der Waals surface area contributed by atoms with Crippen molar-refractivity contribution in [1.29, 1.82) is 0 Å². The third-order valence-corrected chi connectivity index (χ3v) is 8.06. The van der Waals surface area contributed by atoms with Crippen molar-refractivity contribution in [2.45, 2.75) is 45.6 Å². The van der Waals surface area contributed by atoms with Gasteiger partial charge in [0.25, 0.3) is 5.91 Å². The number of allylic oxidation sites excluding steroid dienone is 2. The van der Waals surface area contributed by atoms with Gasteiger partial charge < -0.3 is 20.1 Å². The maximum absolute atomic E-state index is 13.6. The van der Waals surface area contributed by atoms with Crippen molar-refractivity contribution in [3.63, 3.8) is 0 Å². The SMILES string of the molecule is Cc1[nH]c(/C=C2\C(=O)NC3(C)CC=CC(c4ccc(F)cc4)=C23)c(C)c1CCC(=O)N1CCN(C)CC1. The van der Waals surface area contributed by atoms with Crippen molar-refractivity contribution in [1.82, 2.24) is 20.1 Å². The number of aryl methyl sites for hydroxylation is 1. The van der Waals surface area contributed by atoms with Gasteiger partial charge >= 0.3 is 0 Å². The van der Waals surface area contributed by atoms with Gasteiger partial charge in [0, 0.05) is 49.6 Å². The van der Waals surface area contributed by atoms with E-state index in [1.165, 1.54) is 12.1 Å². The summed E-state index contributed by atoms with van der Waals surface area (Å²) in [4.78, 5) is 33.7. The smallest absolute Gasteiger partial charge is 0.252 e. The molecule has 0 saturated carbocycles. The molecule has 1 aliphatic carbocycles. The summed E-state index contributed by atoms with van der Waals surface area (Å²) in [5, 5.41) is 3.18. The number of carbonyl (C=O) groups is 2. The van der Waals surface area contributed by atoms with E-state index in [4.69, 9.17) is 0 Å². The summed E-state index contributed by atoms with van der Waals surface area (Å²) in [7, 11) is 2.08. The van der Waals surface area contributed by atoms with Crippen molar-refractivity contribution in [2.24, 2.45) is 0 Å². The van der Waals surface area contributed by atoms with E-state index in [2.05, 4.69) is 28.3 Å². The number of H-pyrrole nitrogens is 1. The summed E-state index contributed by atoms with van der Waals surface area (Å²) in [6.07, 6.45) is 7.86. The number of piperazine rings is 1. The van der Waals surface area contributed by atoms with E-state index in [1.54, 1.807) is 12.1 Å². The minimum atomic E-state index is -0.519. The van der Waals surface area contributed by atoms with Gasteiger partial charge in [0.1, 0.15) is 5.82 Å². The number of halogens is 1. The molecule has 1 aromatic carbocycles. The van der Waals surface area contributed by atoms with E-state index in [0.29, 0.717) is 24.8 Å². The number of aromatic nitrogens is 1. The number of amides is 2. The maximum Gasteiger partial charge on any atom is 0.252 e. The number of nitrogens with zero attached hydrogens (tertiary/aromatic N) is 2. The maximum atomic E-state index is 13.6. The molecule has 6 nitrogen and oxygen atoms in total. The monoisotopic (exact) mass is 502 g/mol. The summed E-state index contributed by atoms with van der Waals surface area (Å²) < 4.78 is 13.6. The molecule has 0 bridgehead atoms. The molecule has 2 aromatic rings. The lowest BCUT2D eigenvalue weighted by atomic mass is 9.78. The van der Waals surface area contributed by atoms with E-state index in [-0.39, 0.29) is 17.6 Å². The third-order valence-electron chi connectivity index (χ3n) is 8.06. The fraction of sp³-hybridized carbons (Fsp3) is 0.400. The highest BCUT2D eigenvalue weighted by Gasteiger charge is 2.44. The molecule has 1 atom stereocenters. The molecule has 2 saturated heterocycles. The summed E-state index contributed by atoms with van der Waals surface area (Å²) in [5.41, 5.74) is 6.94. The van der Waals surface area contributed by atoms with Crippen molar-refractivity contribution in [2.75, 3.05) is 33.2 Å². The van der Waals surface area contributed by atoms with Crippen LogP contribution in [0.25, 0.3) is 11.6 Å². The molecule has 1 aromatic heterocycles. The Morgan fingerprint density at radius 2 is 1.84 bits per heavy atom. The molecule has 2 aliphatic heterocycles. The molecule has 0 spiro atoms. The Hall–Kier alpha value is -3.45. The van der Waals surface area contributed by atoms with Crippen molar-refractivity contribution in [3.05, 3.63) is 81.5 Å². The molecule has 7 heteroatoms. The number of nitrogens with one attached hydrogen (secondary N) is 2. The summed E-state index contributed by atoms with van der Waals surface area (Å²) in [6, 6.07) is 6.41. The molecular weight excluding hydrogens is 467 g/mol. The molecule has 2 amide bonds. The van der Waals surface area contributed by atoms with Gasteiger partial charge in [-0.15, -0.1) is 0 Å². The Kier molecular flexibility index (Phi) is 6.67. The number of fused-ring (bicyclic) bond motifs is 1. The third kappa shape index (κ3) is 4.80. The fourth-order valence-corrected chi connectivity index (χ4v) is 5.81. The standard InChI is InChI=1S/C30H35FN4O2/c1-19-23(11-12-27(36)35-16-14-34(4)15-17-35)20(2)32-26(19)18-25-28-24(21-7-9-22(31)10-8-21)6-5-13-30(28,3)33-29(25)37/h5-10,18,32H,11-17H2,1-4H3,(H,33,37)/b25-18-. The summed E-state index contributed by atoms with van der Waals surface area (Å²) in [5.74, 6) is -0.203. The lowest BCUT2D eigenvalue weighted by molar-refractivity contribution is -0.132. The number of hydrogen-bond acceptors (Lipinski definition) is 3. The Morgan fingerprint density at radius 3 is 2.54 bits per heavy atom. The average Bonchev–Trinajstić information content (AvgIpc) is 3.28. The average molecular weight is 503 g/mol. The number of benzene rings is 1. The first-order valence-electron chi connectivity index (χ1n) is 13.0. The van der Waals surface area contributed by atoms with E-state index in [0.717, 1.165) is 65.4 Å². The van der Waals surface area contributed by atoms with Crippen LogP contribution in [0.1, 0.15) is 47.8 Å². The van der Waals surface area contributed by atoms with Crippen LogP contribution in [0, 0.1) is 19.7 Å². The molecule has 0 radical (unpaired) electrons. The number of rotatable bonds is 5. The molecule has 5 rings (SSSR count). The van der Waals surface area contributed by atoms with Crippen LogP contribution >= 0.6 is 0 Å². The van der Waals surface area contributed by atoms with Gasteiger partial charge in [-0.1, -0.05) is 24.3 Å². The Morgan fingerprint density at radius 1 is 1.14 bits per heavy atom. The predicted octanol–water partition coefficient (Wildman–Crippen LogP) is 4.16.